The molecule has 10 nitrogen and oxygen atoms in total. The number of aromatic amines is 1. The molecule has 34 heavy (non-hydrogen) atoms. The topological polar surface area (TPSA) is 134 Å². The molecule has 11 heteroatoms. The lowest BCUT2D eigenvalue weighted by Gasteiger charge is -2.34. The molecule has 2 N–H and O–H groups in total. The largest absolute Gasteiger partial charge is 0.342 e. The molecule has 1 saturated heterocycles. The molecule has 1 aliphatic heterocycles. The Kier molecular flexibility index (Phi) is 6.27. The second-order valence-corrected chi connectivity index (χ2v) is 9.91. The third-order valence-electron chi connectivity index (χ3n) is 6.85. The number of piperidine rings is 1. The van der Waals surface area contributed by atoms with Gasteiger partial charge in [-0.15, -0.1) is 11.3 Å². The van der Waals surface area contributed by atoms with Gasteiger partial charge < -0.3 is 10.2 Å². The fraction of sp³-hybridized carbons (Fsp3) is 0.478. The molecule has 0 bridgehead atoms. The molecule has 2 aromatic heterocycles. The molecular formula is C23H26N6O4S. The highest BCUT2D eigenvalue weighted by atomic mass is 32.1. The van der Waals surface area contributed by atoms with Gasteiger partial charge in [-0.1, -0.05) is 19.3 Å². The third kappa shape index (κ3) is 4.52. The van der Waals surface area contributed by atoms with E-state index in [0.717, 1.165) is 56.6 Å². The Morgan fingerprint density at radius 3 is 2.65 bits per heavy atom. The number of rotatable bonds is 5. The lowest BCUT2D eigenvalue weighted by atomic mass is 9.87. The molecule has 2 amide bonds. The van der Waals surface area contributed by atoms with Crippen LogP contribution < -0.4 is 5.32 Å². The first-order chi connectivity index (χ1) is 16.5. The summed E-state index contributed by atoms with van der Waals surface area (Å²) in [5.41, 5.74) is 0.811. The maximum absolute atomic E-state index is 12.8. The van der Waals surface area contributed by atoms with Crippen LogP contribution in [0.3, 0.4) is 0 Å². The highest BCUT2D eigenvalue weighted by Crippen LogP contribution is 2.33. The van der Waals surface area contributed by atoms with Crippen molar-refractivity contribution in [3.63, 3.8) is 0 Å². The van der Waals surface area contributed by atoms with E-state index in [2.05, 4.69) is 20.5 Å². The van der Waals surface area contributed by atoms with E-state index in [-0.39, 0.29) is 23.3 Å². The van der Waals surface area contributed by atoms with Gasteiger partial charge in [0.05, 0.1) is 20.8 Å². The van der Waals surface area contributed by atoms with E-state index in [0.29, 0.717) is 22.5 Å². The highest BCUT2D eigenvalue weighted by molar-refractivity contribution is 7.10. The number of nitrogens with zero attached hydrogens (tertiary/aromatic N) is 4. The summed E-state index contributed by atoms with van der Waals surface area (Å²) in [5.74, 6) is 0.555. The Bertz CT molecular complexity index is 1220. The van der Waals surface area contributed by atoms with E-state index in [1.54, 1.807) is 11.4 Å². The van der Waals surface area contributed by atoms with Crippen molar-refractivity contribution in [3.8, 4) is 0 Å². The van der Waals surface area contributed by atoms with Crippen LogP contribution in [0.15, 0.2) is 23.6 Å². The smallest absolute Gasteiger partial charge is 0.276 e. The third-order valence-corrected chi connectivity index (χ3v) is 7.86. The van der Waals surface area contributed by atoms with Gasteiger partial charge >= 0.3 is 0 Å². The molecule has 1 aromatic carbocycles. The molecule has 2 fully saturated rings. The molecular weight excluding hydrogens is 456 g/mol. The summed E-state index contributed by atoms with van der Waals surface area (Å²) in [6, 6.07) is 4.32. The summed E-state index contributed by atoms with van der Waals surface area (Å²) in [6.07, 6.45) is 7.28. The fourth-order valence-electron chi connectivity index (χ4n) is 4.92. The number of nitrogens with one attached hydrogen (secondary N) is 2. The van der Waals surface area contributed by atoms with Crippen LogP contribution in [0.4, 0.5) is 11.5 Å². The lowest BCUT2D eigenvalue weighted by molar-refractivity contribution is -0.384. The Labute approximate surface area is 199 Å². The second kappa shape index (κ2) is 9.49. The SMILES string of the molecule is O=C(Nc1n[nH]c2ccc([N+](=O)[O-])cc12)c1csc(C2CCN(C(=O)C3CCCCC3)CC2)n1. The number of fused-ring (bicyclic) bond motifs is 1. The van der Waals surface area contributed by atoms with E-state index in [9.17, 15) is 19.7 Å². The van der Waals surface area contributed by atoms with Crippen LogP contribution in [0, 0.1) is 16.0 Å². The van der Waals surface area contributed by atoms with E-state index in [4.69, 9.17) is 0 Å². The number of amides is 2. The number of H-pyrrole nitrogens is 1. The minimum absolute atomic E-state index is 0.0753. The van der Waals surface area contributed by atoms with Crippen LogP contribution in [-0.2, 0) is 4.79 Å². The minimum Gasteiger partial charge on any atom is -0.342 e. The first-order valence-electron chi connectivity index (χ1n) is 11.7. The Morgan fingerprint density at radius 2 is 1.91 bits per heavy atom. The number of non-ortho nitro benzene ring substituents is 1. The molecule has 3 heterocycles. The molecule has 1 aliphatic carbocycles. The number of benzene rings is 1. The van der Waals surface area contributed by atoms with Gasteiger partial charge in [0, 0.05) is 42.4 Å². The van der Waals surface area contributed by atoms with Crippen LogP contribution in [0.25, 0.3) is 10.9 Å². The van der Waals surface area contributed by atoms with Crippen LogP contribution in [0.1, 0.15) is 66.4 Å². The normalized spacial score (nSPS) is 17.7. The number of anilines is 1. The van der Waals surface area contributed by atoms with E-state index in [1.807, 2.05) is 4.90 Å². The van der Waals surface area contributed by atoms with Crippen molar-refractivity contribution in [3.05, 3.63) is 44.4 Å². The summed E-state index contributed by atoms with van der Waals surface area (Å²) in [7, 11) is 0. The van der Waals surface area contributed by atoms with Crippen molar-refractivity contribution in [2.45, 2.75) is 50.9 Å². The maximum Gasteiger partial charge on any atom is 0.276 e. The first-order valence-corrected chi connectivity index (χ1v) is 12.6. The van der Waals surface area contributed by atoms with Crippen LogP contribution >= 0.6 is 11.3 Å². The van der Waals surface area contributed by atoms with Gasteiger partial charge in [-0.3, -0.25) is 24.8 Å². The number of likely N-dealkylation sites (tertiary alicyclic amines) is 1. The standard InChI is InChI=1S/C23H26N6O4S/c30-21(25-20-17-12-16(29(32)33)6-7-18(17)26-27-20)19-13-34-22(24-19)14-8-10-28(11-9-14)23(31)15-4-2-1-3-5-15/h6-7,12-15H,1-5,8-11H2,(H2,25,26,27,30). The molecule has 1 saturated carbocycles. The molecule has 0 radical (unpaired) electrons. The van der Waals surface area contributed by atoms with E-state index in [1.165, 1.54) is 29.9 Å². The summed E-state index contributed by atoms with van der Waals surface area (Å²) < 4.78 is 0. The number of hydrogen-bond donors (Lipinski definition) is 2. The summed E-state index contributed by atoms with van der Waals surface area (Å²) in [6.45, 7) is 1.47. The predicted octanol–water partition coefficient (Wildman–Crippen LogP) is 4.47. The van der Waals surface area contributed by atoms with E-state index >= 15 is 0 Å². The van der Waals surface area contributed by atoms with Gasteiger partial charge in [-0.2, -0.15) is 5.10 Å². The molecule has 0 spiro atoms. The summed E-state index contributed by atoms with van der Waals surface area (Å²) in [4.78, 5) is 42.7. The number of carbonyl (C=O) groups is 2. The van der Waals surface area contributed by atoms with Gasteiger partial charge in [-0.05, 0) is 31.7 Å². The Morgan fingerprint density at radius 1 is 1.15 bits per heavy atom. The van der Waals surface area contributed by atoms with Gasteiger partial charge in [0.15, 0.2) is 5.82 Å². The minimum atomic E-state index is -0.487. The van der Waals surface area contributed by atoms with Gasteiger partial charge in [0.2, 0.25) is 5.91 Å². The van der Waals surface area contributed by atoms with Crippen molar-refractivity contribution in [1.82, 2.24) is 20.1 Å². The molecule has 178 valence electrons. The zero-order chi connectivity index (χ0) is 23.7. The average Bonchev–Trinajstić information content (AvgIpc) is 3.52. The van der Waals surface area contributed by atoms with Crippen molar-refractivity contribution in [1.29, 1.82) is 0 Å². The zero-order valence-corrected chi connectivity index (χ0v) is 19.5. The Balaban J connectivity index is 1.21. The molecule has 0 atom stereocenters. The van der Waals surface area contributed by atoms with Crippen molar-refractivity contribution >= 4 is 45.6 Å². The monoisotopic (exact) mass is 482 g/mol. The fourth-order valence-corrected chi connectivity index (χ4v) is 5.89. The number of thiazole rings is 1. The van der Waals surface area contributed by atoms with Gasteiger partial charge in [0.25, 0.3) is 11.6 Å². The van der Waals surface area contributed by atoms with Crippen LogP contribution in [0.5, 0.6) is 0 Å². The maximum atomic E-state index is 12.8. The van der Waals surface area contributed by atoms with Crippen molar-refractivity contribution in [2.75, 3.05) is 18.4 Å². The quantitative estimate of drug-likeness (QED) is 0.407. The molecule has 0 unspecified atom stereocenters. The second-order valence-electron chi connectivity index (χ2n) is 9.02. The highest BCUT2D eigenvalue weighted by Gasteiger charge is 2.30. The van der Waals surface area contributed by atoms with Gasteiger partial charge in [0.1, 0.15) is 5.69 Å². The number of nitro benzene ring substituents is 1. The first kappa shape index (κ1) is 22.5. The zero-order valence-electron chi connectivity index (χ0n) is 18.7. The van der Waals surface area contributed by atoms with E-state index < -0.39 is 10.8 Å². The average molecular weight is 483 g/mol. The summed E-state index contributed by atoms with van der Waals surface area (Å²) >= 11 is 1.45. The molecule has 3 aromatic rings. The van der Waals surface area contributed by atoms with Crippen molar-refractivity contribution in [2.24, 2.45) is 5.92 Å². The number of nitro groups is 1. The number of hydrogen-bond acceptors (Lipinski definition) is 7. The summed E-state index contributed by atoms with van der Waals surface area (Å²) in [5, 5.41) is 23.7. The van der Waals surface area contributed by atoms with Crippen LogP contribution in [0.2, 0.25) is 0 Å². The number of aromatic nitrogens is 3. The molecule has 2 aliphatic rings. The van der Waals surface area contributed by atoms with Crippen molar-refractivity contribution < 1.29 is 14.5 Å². The molecule has 5 rings (SSSR count). The van der Waals surface area contributed by atoms with Crippen LogP contribution in [-0.4, -0.2) is 49.9 Å². The van der Waals surface area contributed by atoms with Gasteiger partial charge in [-0.25, -0.2) is 4.98 Å². The lowest BCUT2D eigenvalue weighted by Crippen LogP contribution is -2.41. The number of carbonyl (C=O) groups excluding carboxylic acids is 2. The Hall–Kier alpha value is -3.34. The predicted molar refractivity (Wildman–Crippen MR) is 128 cm³/mol.